The van der Waals surface area contributed by atoms with Crippen molar-refractivity contribution in [2.75, 3.05) is 20.8 Å². The molecule has 0 saturated carbocycles. The Hall–Kier alpha value is -2.77. The van der Waals surface area contributed by atoms with Gasteiger partial charge in [-0.1, -0.05) is 18.2 Å². The van der Waals surface area contributed by atoms with Gasteiger partial charge in [0.25, 0.3) is 0 Å². The third-order valence-electron chi connectivity index (χ3n) is 6.40. The van der Waals surface area contributed by atoms with Gasteiger partial charge in [0.05, 0.1) is 32.0 Å². The van der Waals surface area contributed by atoms with E-state index in [1.807, 2.05) is 13.0 Å². The minimum atomic E-state index is -1.88. The highest BCUT2D eigenvalue weighted by atomic mass is 16.6. The third kappa shape index (κ3) is 2.48. The van der Waals surface area contributed by atoms with Crippen LogP contribution >= 0.6 is 0 Å². The molecule has 1 aromatic carbocycles. The van der Waals surface area contributed by atoms with Gasteiger partial charge in [0.1, 0.15) is 18.1 Å². The van der Waals surface area contributed by atoms with E-state index >= 15 is 0 Å². The fraction of sp³-hybridized carbons (Fsp3) is 0.435. The van der Waals surface area contributed by atoms with Crippen molar-refractivity contribution in [3.05, 3.63) is 53.3 Å². The average Bonchev–Trinajstić information content (AvgIpc) is 3.19. The molecule has 3 heterocycles. The van der Waals surface area contributed by atoms with Gasteiger partial charge in [-0.3, -0.25) is 4.79 Å². The molecule has 1 aliphatic carbocycles. The number of rotatable bonds is 3. The van der Waals surface area contributed by atoms with Gasteiger partial charge in [-0.15, -0.1) is 0 Å². The number of carbonyl (C=O) groups is 1. The van der Waals surface area contributed by atoms with Crippen LogP contribution in [0.5, 0.6) is 17.2 Å². The number of ketones is 1. The molecule has 1 N–H and O–H groups in total. The Morgan fingerprint density at radius 2 is 2.00 bits per heavy atom. The number of allylic oxidation sites excluding steroid dienone is 1. The van der Waals surface area contributed by atoms with E-state index < -0.39 is 17.5 Å². The predicted molar refractivity (Wildman–Crippen MR) is 107 cm³/mol. The number of ether oxygens (including phenoxy) is 5. The zero-order valence-corrected chi connectivity index (χ0v) is 17.1. The van der Waals surface area contributed by atoms with Crippen molar-refractivity contribution in [2.45, 2.75) is 37.3 Å². The number of aliphatic hydroxyl groups is 1. The van der Waals surface area contributed by atoms with Crippen molar-refractivity contribution in [3.8, 4) is 17.2 Å². The third-order valence-corrected chi connectivity index (χ3v) is 6.40. The van der Waals surface area contributed by atoms with Gasteiger partial charge in [-0.2, -0.15) is 0 Å². The maximum Gasteiger partial charge on any atom is 0.206 e. The standard InChI is InChI=1S/C23H24O7/c1-11(2)16-7-13-15(29-16)6-5-12-21(13)30-20-10-28-17-9-19(27-4)18(26-3)8-14(17)23(20,25)22(12)24/h5-6,8-9,13,15-16,20,25H,1,7,10H2,2-4H3. The molecule has 0 bridgehead atoms. The van der Waals surface area contributed by atoms with Crippen LogP contribution in [0.1, 0.15) is 18.9 Å². The second kappa shape index (κ2) is 6.62. The van der Waals surface area contributed by atoms with Gasteiger partial charge in [-0.05, 0) is 25.5 Å². The van der Waals surface area contributed by atoms with Gasteiger partial charge < -0.3 is 28.8 Å². The highest BCUT2D eigenvalue weighted by Crippen LogP contribution is 2.51. The molecule has 5 atom stereocenters. The fourth-order valence-corrected chi connectivity index (χ4v) is 4.75. The molecular weight excluding hydrogens is 388 g/mol. The molecule has 5 unspecified atom stereocenters. The Balaban J connectivity index is 1.58. The Kier molecular flexibility index (Phi) is 4.24. The van der Waals surface area contributed by atoms with Crippen LogP contribution in [0.3, 0.4) is 0 Å². The number of carbonyl (C=O) groups excluding carboxylic acids is 1. The molecule has 5 rings (SSSR count). The lowest BCUT2D eigenvalue weighted by Crippen LogP contribution is -2.57. The van der Waals surface area contributed by atoms with E-state index in [9.17, 15) is 9.90 Å². The smallest absolute Gasteiger partial charge is 0.206 e. The molecule has 1 fully saturated rings. The van der Waals surface area contributed by atoms with Gasteiger partial charge in [0.15, 0.2) is 23.2 Å². The number of hydrogen-bond acceptors (Lipinski definition) is 7. The topological polar surface area (TPSA) is 83.5 Å². The van der Waals surface area contributed by atoms with Crippen LogP contribution in [0.4, 0.5) is 0 Å². The molecule has 30 heavy (non-hydrogen) atoms. The lowest BCUT2D eigenvalue weighted by molar-refractivity contribution is -0.167. The summed E-state index contributed by atoms with van der Waals surface area (Å²) >= 11 is 0. The molecule has 0 amide bonds. The lowest BCUT2D eigenvalue weighted by Gasteiger charge is -2.45. The zero-order valence-electron chi connectivity index (χ0n) is 17.1. The summed E-state index contributed by atoms with van der Waals surface area (Å²) < 4.78 is 28.8. The average molecular weight is 412 g/mol. The van der Waals surface area contributed by atoms with Gasteiger partial charge in [0.2, 0.25) is 5.78 Å². The van der Waals surface area contributed by atoms with Crippen molar-refractivity contribution >= 4 is 5.78 Å². The Labute approximate surface area is 174 Å². The number of Topliss-reactive ketones (excluding diaryl/α,β-unsaturated/α-hetero) is 1. The first-order chi connectivity index (χ1) is 14.4. The van der Waals surface area contributed by atoms with Crippen LogP contribution < -0.4 is 14.2 Å². The molecule has 3 aliphatic heterocycles. The fourth-order valence-electron chi connectivity index (χ4n) is 4.75. The summed E-state index contributed by atoms with van der Waals surface area (Å²) in [4.78, 5) is 13.6. The van der Waals surface area contributed by atoms with Crippen molar-refractivity contribution in [1.29, 1.82) is 0 Å². The summed E-state index contributed by atoms with van der Waals surface area (Å²) in [6, 6.07) is 3.20. The SMILES string of the molecule is C=C(C)C1CC2C3=C(C=CC2O1)C(=O)C1(O)c2cc(OC)c(OC)cc2OCC1O3. The number of fused-ring (bicyclic) bond motifs is 5. The van der Waals surface area contributed by atoms with Crippen molar-refractivity contribution < 1.29 is 33.6 Å². The van der Waals surface area contributed by atoms with Crippen LogP contribution in [-0.2, 0) is 19.9 Å². The van der Waals surface area contributed by atoms with E-state index in [4.69, 9.17) is 23.7 Å². The zero-order chi connectivity index (χ0) is 21.2. The molecule has 1 saturated heterocycles. The van der Waals surface area contributed by atoms with Crippen molar-refractivity contribution in [2.24, 2.45) is 5.92 Å². The van der Waals surface area contributed by atoms with Crippen LogP contribution in [0.2, 0.25) is 0 Å². The van der Waals surface area contributed by atoms with E-state index in [0.717, 1.165) is 5.57 Å². The van der Waals surface area contributed by atoms with E-state index in [1.54, 1.807) is 18.2 Å². The quantitative estimate of drug-likeness (QED) is 0.764. The molecule has 158 valence electrons. The summed E-state index contributed by atoms with van der Waals surface area (Å²) in [5, 5.41) is 11.7. The van der Waals surface area contributed by atoms with E-state index in [2.05, 4.69) is 6.58 Å². The summed E-state index contributed by atoms with van der Waals surface area (Å²) in [7, 11) is 3.01. The maximum absolute atomic E-state index is 13.6. The monoisotopic (exact) mass is 412 g/mol. The van der Waals surface area contributed by atoms with Crippen molar-refractivity contribution in [1.82, 2.24) is 0 Å². The number of hydrogen-bond donors (Lipinski definition) is 1. The van der Waals surface area contributed by atoms with Gasteiger partial charge >= 0.3 is 0 Å². The molecule has 0 aromatic heterocycles. The molecule has 7 nitrogen and oxygen atoms in total. The summed E-state index contributed by atoms with van der Waals surface area (Å²) in [6.45, 7) is 5.96. The van der Waals surface area contributed by atoms with Crippen LogP contribution in [0.25, 0.3) is 0 Å². The van der Waals surface area contributed by atoms with Gasteiger partial charge in [-0.25, -0.2) is 0 Å². The van der Waals surface area contributed by atoms with Crippen LogP contribution in [-0.4, -0.2) is 50.0 Å². The maximum atomic E-state index is 13.6. The summed E-state index contributed by atoms with van der Waals surface area (Å²) in [6.07, 6.45) is 3.12. The highest BCUT2D eigenvalue weighted by Gasteiger charge is 2.58. The normalized spacial score (nSPS) is 33.5. The second-order valence-corrected chi connectivity index (χ2v) is 8.13. The molecule has 0 radical (unpaired) electrons. The number of benzene rings is 1. The molecule has 7 heteroatoms. The largest absolute Gasteiger partial charge is 0.493 e. The van der Waals surface area contributed by atoms with Crippen LogP contribution in [0.15, 0.2) is 47.8 Å². The predicted octanol–water partition coefficient (Wildman–Crippen LogP) is 2.43. The molecular formula is C23H24O7. The van der Waals surface area contributed by atoms with Crippen molar-refractivity contribution in [3.63, 3.8) is 0 Å². The Morgan fingerprint density at radius 1 is 1.27 bits per heavy atom. The first-order valence-corrected chi connectivity index (χ1v) is 9.94. The number of methoxy groups -OCH3 is 2. The highest BCUT2D eigenvalue weighted by molar-refractivity contribution is 6.07. The van der Waals surface area contributed by atoms with E-state index in [0.29, 0.717) is 40.6 Å². The Bertz CT molecular complexity index is 1010. The molecule has 1 aromatic rings. The van der Waals surface area contributed by atoms with E-state index in [-0.39, 0.29) is 24.7 Å². The summed E-state index contributed by atoms with van der Waals surface area (Å²) in [5.41, 5.74) is -0.250. The van der Waals surface area contributed by atoms with Gasteiger partial charge in [0, 0.05) is 17.5 Å². The lowest BCUT2D eigenvalue weighted by atomic mass is 9.74. The minimum Gasteiger partial charge on any atom is -0.493 e. The summed E-state index contributed by atoms with van der Waals surface area (Å²) in [5.74, 6) is 1.30. The first kappa shape index (κ1) is 19.2. The minimum absolute atomic E-state index is 0.0351. The second-order valence-electron chi connectivity index (χ2n) is 8.13. The molecule has 0 spiro atoms. The Morgan fingerprint density at radius 3 is 2.70 bits per heavy atom. The molecule has 4 aliphatic rings. The van der Waals surface area contributed by atoms with E-state index in [1.165, 1.54) is 14.2 Å². The van der Waals surface area contributed by atoms with Crippen LogP contribution in [0, 0.1) is 5.92 Å². The first-order valence-electron chi connectivity index (χ1n) is 9.94.